The summed E-state index contributed by atoms with van der Waals surface area (Å²) in [5.41, 5.74) is 7.55. The van der Waals surface area contributed by atoms with Crippen LogP contribution in [0.15, 0.2) is 0 Å². The van der Waals surface area contributed by atoms with Crippen LogP contribution in [0.3, 0.4) is 0 Å². The molecule has 6 heteroatoms. The molecule has 2 unspecified atom stereocenters. The van der Waals surface area contributed by atoms with Crippen LogP contribution in [0.5, 0.6) is 0 Å². The van der Waals surface area contributed by atoms with E-state index in [9.17, 15) is 10.1 Å². The summed E-state index contributed by atoms with van der Waals surface area (Å²) in [6.07, 6.45) is 3.47. The van der Waals surface area contributed by atoms with Crippen molar-refractivity contribution in [1.82, 2.24) is 0 Å². The lowest BCUT2D eigenvalue weighted by Gasteiger charge is -2.17. The summed E-state index contributed by atoms with van der Waals surface area (Å²) < 4.78 is 4.93. The second kappa shape index (κ2) is 7.03. The first kappa shape index (κ1) is 16.0. The maximum absolute atomic E-state index is 12.1. The highest BCUT2D eigenvalue weighted by molar-refractivity contribution is 7.16. The van der Waals surface area contributed by atoms with Crippen LogP contribution in [0.2, 0.25) is 0 Å². The van der Waals surface area contributed by atoms with Gasteiger partial charge in [0.25, 0.3) is 0 Å². The van der Waals surface area contributed by atoms with E-state index in [0.717, 1.165) is 24.8 Å². The molecule has 0 spiro atoms. The van der Waals surface area contributed by atoms with Crippen molar-refractivity contribution in [3.63, 3.8) is 0 Å². The third-order valence-corrected chi connectivity index (χ3v) is 5.00. The Kier molecular flexibility index (Phi) is 5.34. The molecular formula is C15H21N3O2S. The SMILES string of the molecule is COCCC(N)C(=O)Nc1sc2c(c1C#N)CCC(C)C2. The molecule has 1 aliphatic rings. The first-order valence-corrected chi connectivity index (χ1v) is 7.98. The second-order valence-corrected chi connectivity index (χ2v) is 6.65. The predicted molar refractivity (Wildman–Crippen MR) is 83.3 cm³/mol. The zero-order chi connectivity index (χ0) is 15.4. The molecule has 21 heavy (non-hydrogen) atoms. The maximum atomic E-state index is 12.1. The van der Waals surface area contributed by atoms with Crippen LogP contribution in [0.1, 0.15) is 35.8 Å². The van der Waals surface area contributed by atoms with Gasteiger partial charge in [0.1, 0.15) is 11.1 Å². The molecule has 2 rings (SSSR count). The van der Waals surface area contributed by atoms with Crippen molar-refractivity contribution >= 4 is 22.2 Å². The minimum absolute atomic E-state index is 0.254. The van der Waals surface area contributed by atoms with Crippen molar-refractivity contribution < 1.29 is 9.53 Å². The van der Waals surface area contributed by atoms with Crippen LogP contribution in [0, 0.1) is 17.2 Å². The highest BCUT2D eigenvalue weighted by Gasteiger charge is 2.25. The molecule has 0 saturated carbocycles. The van der Waals surface area contributed by atoms with Crippen LogP contribution in [-0.4, -0.2) is 25.7 Å². The number of thiophene rings is 1. The van der Waals surface area contributed by atoms with Crippen LogP contribution in [-0.2, 0) is 22.4 Å². The zero-order valence-corrected chi connectivity index (χ0v) is 13.3. The Bertz CT molecular complexity index is 562. The molecule has 0 fully saturated rings. The number of nitriles is 1. The number of nitrogens with zero attached hydrogens (tertiary/aromatic N) is 1. The van der Waals surface area contributed by atoms with Gasteiger partial charge in [0.05, 0.1) is 11.6 Å². The molecule has 1 aliphatic carbocycles. The van der Waals surface area contributed by atoms with E-state index in [1.165, 1.54) is 16.2 Å². The number of hydrogen-bond acceptors (Lipinski definition) is 5. The predicted octanol–water partition coefficient (Wildman–Crippen LogP) is 2.05. The van der Waals surface area contributed by atoms with Crippen LogP contribution in [0.25, 0.3) is 0 Å². The fraction of sp³-hybridized carbons (Fsp3) is 0.600. The zero-order valence-electron chi connectivity index (χ0n) is 12.4. The summed E-state index contributed by atoms with van der Waals surface area (Å²) in [6.45, 7) is 2.66. The molecule has 0 aliphatic heterocycles. The fourth-order valence-electron chi connectivity index (χ4n) is 2.54. The lowest BCUT2D eigenvalue weighted by atomic mass is 9.88. The van der Waals surface area contributed by atoms with Crippen molar-refractivity contribution in [3.8, 4) is 6.07 Å². The van der Waals surface area contributed by atoms with E-state index in [1.54, 1.807) is 7.11 Å². The quantitative estimate of drug-likeness (QED) is 0.871. The summed E-state index contributed by atoms with van der Waals surface area (Å²) >= 11 is 1.52. The van der Waals surface area contributed by atoms with E-state index in [1.807, 2.05) is 0 Å². The van der Waals surface area contributed by atoms with Gasteiger partial charge < -0.3 is 15.8 Å². The summed E-state index contributed by atoms with van der Waals surface area (Å²) in [5.74, 6) is 0.380. The summed E-state index contributed by atoms with van der Waals surface area (Å²) in [4.78, 5) is 13.3. The molecule has 114 valence electrons. The smallest absolute Gasteiger partial charge is 0.242 e. The molecule has 1 heterocycles. The van der Waals surface area contributed by atoms with E-state index >= 15 is 0 Å². The molecule has 5 nitrogen and oxygen atoms in total. The average molecular weight is 307 g/mol. The van der Waals surface area contributed by atoms with Gasteiger partial charge in [0.2, 0.25) is 5.91 Å². The monoisotopic (exact) mass is 307 g/mol. The van der Waals surface area contributed by atoms with Gasteiger partial charge in [-0.15, -0.1) is 11.3 Å². The number of rotatable bonds is 5. The van der Waals surface area contributed by atoms with Gasteiger partial charge >= 0.3 is 0 Å². The molecule has 0 saturated heterocycles. The van der Waals surface area contributed by atoms with Crippen LogP contribution in [0.4, 0.5) is 5.00 Å². The molecule has 1 amide bonds. The normalized spacial score (nSPS) is 18.7. The first-order chi connectivity index (χ1) is 10.1. The molecule has 3 N–H and O–H groups in total. The minimum Gasteiger partial charge on any atom is -0.385 e. The van der Waals surface area contributed by atoms with E-state index in [4.69, 9.17) is 10.5 Å². The number of methoxy groups -OCH3 is 1. The van der Waals surface area contributed by atoms with Crippen molar-refractivity contribution in [2.75, 3.05) is 19.0 Å². The molecule has 1 aromatic rings. The fourth-order valence-corrected chi connectivity index (χ4v) is 3.90. The molecule has 0 aromatic carbocycles. The molecule has 1 aromatic heterocycles. The maximum Gasteiger partial charge on any atom is 0.242 e. The molecule has 2 atom stereocenters. The Balaban J connectivity index is 2.14. The van der Waals surface area contributed by atoms with Crippen molar-refractivity contribution in [1.29, 1.82) is 5.26 Å². The minimum atomic E-state index is -0.616. The number of fused-ring (bicyclic) bond motifs is 1. The number of hydrogen-bond donors (Lipinski definition) is 2. The average Bonchev–Trinajstić information content (AvgIpc) is 2.80. The highest BCUT2D eigenvalue weighted by atomic mass is 32.1. The Labute approximate surface area is 129 Å². The third-order valence-electron chi connectivity index (χ3n) is 3.83. The second-order valence-electron chi connectivity index (χ2n) is 5.54. The van der Waals surface area contributed by atoms with Gasteiger partial charge in [-0.25, -0.2) is 0 Å². The number of carbonyl (C=O) groups is 1. The Morgan fingerprint density at radius 3 is 3.10 bits per heavy atom. The summed E-state index contributed by atoms with van der Waals surface area (Å²) in [7, 11) is 1.58. The molecular weight excluding hydrogens is 286 g/mol. The lowest BCUT2D eigenvalue weighted by molar-refractivity contribution is -0.117. The number of amides is 1. The lowest BCUT2D eigenvalue weighted by Crippen LogP contribution is -2.36. The number of ether oxygens (including phenoxy) is 1. The van der Waals surface area contributed by atoms with E-state index in [-0.39, 0.29) is 5.91 Å². The van der Waals surface area contributed by atoms with Gasteiger partial charge in [-0.05, 0) is 37.2 Å². The number of nitrogens with two attached hydrogens (primary N) is 1. The van der Waals surface area contributed by atoms with Crippen LogP contribution >= 0.6 is 11.3 Å². The third kappa shape index (κ3) is 3.62. The van der Waals surface area contributed by atoms with Gasteiger partial charge in [0, 0.05) is 18.6 Å². The van der Waals surface area contributed by atoms with Gasteiger partial charge in [-0.3, -0.25) is 4.79 Å². The highest BCUT2D eigenvalue weighted by Crippen LogP contribution is 2.39. The summed E-state index contributed by atoms with van der Waals surface area (Å²) in [5, 5.41) is 12.8. The Hall–Kier alpha value is -1.42. The van der Waals surface area contributed by atoms with Crippen molar-refractivity contribution in [2.45, 2.75) is 38.6 Å². The van der Waals surface area contributed by atoms with Crippen molar-refractivity contribution in [3.05, 3.63) is 16.0 Å². The largest absolute Gasteiger partial charge is 0.385 e. The van der Waals surface area contributed by atoms with E-state index < -0.39 is 6.04 Å². The van der Waals surface area contributed by atoms with E-state index in [0.29, 0.717) is 29.5 Å². The number of anilines is 1. The summed E-state index contributed by atoms with van der Waals surface area (Å²) in [6, 6.07) is 1.62. The Morgan fingerprint density at radius 1 is 1.67 bits per heavy atom. The Morgan fingerprint density at radius 2 is 2.43 bits per heavy atom. The number of carbonyl (C=O) groups excluding carboxylic acids is 1. The van der Waals surface area contributed by atoms with Gasteiger partial charge in [0.15, 0.2) is 0 Å². The number of nitrogens with one attached hydrogen (secondary N) is 1. The van der Waals surface area contributed by atoms with Crippen molar-refractivity contribution in [2.24, 2.45) is 11.7 Å². The first-order valence-electron chi connectivity index (χ1n) is 7.16. The molecule has 0 bridgehead atoms. The van der Waals surface area contributed by atoms with Gasteiger partial charge in [-0.1, -0.05) is 6.92 Å². The van der Waals surface area contributed by atoms with Gasteiger partial charge in [-0.2, -0.15) is 5.26 Å². The topological polar surface area (TPSA) is 88.1 Å². The van der Waals surface area contributed by atoms with Crippen LogP contribution < -0.4 is 11.1 Å². The molecule has 0 radical (unpaired) electrons. The standard InChI is InChI=1S/C15H21N3O2S/c1-9-3-4-10-11(8-16)15(21-13(10)7-9)18-14(19)12(17)5-6-20-2/h9,12H,3-7,17H2,1-2H3,(H,18,19). The van der Waals surface area contributed by atoms with E-state index in [2.05, 4.69) is 18.3 Å².